The van der Waals surface area contributed by atoms with Crippen molar-refractivity contribution in [3.05, 3.63) is 29.8 Å². The Morgan fingerprint density at radius 2 is 2.06 bits per heavy atom. The second-order valence-corrected chi connectivity index (χ2v) is 4.09. The number of thioether (sulfide) groups is 1. The highest BCUT2D eigenvalue weighted by Gasteiger charge is 2.15. The van der Waals surface area contributed by atoms with Crippen LogP contribution in [0.4, 0.5) is 8.78 Å². The Labute approximate surface area is 106 Å². The number of halogens is 2. The summed E-state index contributed by atoms with van der Waals surface area (Å²) in [6.07, 6.45) is 0. The maximum atomic E-state index is 12.3. The highest BCUT2D eigenvalue weighted by molar-refractivity contribution is 7.99. The van der Waals surface area contributed by atoms with E-state index in [-0.39, 0.29) is 22.2 Å². The minimum absolute atomic E-state index is 0.0345. The van der Waals surface area contributed by atoms with E-state index >= 15 is 0 Å². The zero-order valence-corrected chi connectivity index (χ0v) is 9.88. The predicted molar refractivity (Wildman–Crippen MR) is 60.9 cm³/mol. The largest absolute Gasteiger partial charge is 0.368 e. The molecule has 1 aromatic carbocycles. The minimum atomic E-state index is -2.63. The second kappa shape index (κ2) is 6.92. The zero-order valence-electron chi connectivity index (χ0n) is 9.06. The third kappa shape index (κ3) is 4.68. The van der Waals surface area contributed by atoms with Gasteiger partial charge >= 0.3 is 0 Å². The molecule has 0 aliphatic carbocycles. The summed E-state index contributed by atoms with van der Waals surface area (Å²) in [5, 5.41) is 0. The van der Waals surface area contributed by atoms with Gasteiger partial charge in [0.15, 0.2) is 6.61 Å². The highest BCUT2D eigenvalue weighted by Crippen LogP contribution is 2.28. The molecule has 18 heavy (non-hydrogen) atoms. The molecule has 1 aromatic rings. The van der Waals surface area contributed by atoms with Crippen molar-refractivity contribution in [2.45, 2.75) is 10.7 Å². The fourth-order valence-corrected chi connectivity index (χ4v) is 1.72. The molecule has 0 unspecified atom stereocenters. The van der Waals surface area contributed by atoms with Crippen LogP contribution < -0.4 is 11.2 Å². The lowest BCUT2D eigenvalue weighted by molar-refractivity contribution is -0.124. The Hall–Kier alpha value is -1.67. The zero-order chi connectivity index (χ0) is 13.5. The van der Waals surface area contributed by atoms with E-state index in [4.69, 9.17) is 5.73 Å². The maximum Gasteiger partial charge on any atom is 0.288 e. The summed E-state index contributed by atoms with van der Waals surface area (Å²) < 4.78 is 24.5. The number of carbonyl (C=O) groups excluding carboxylic acids is 2. The number of hydroxylamine groups is 1. The van der Waals surface area contributed by atoms with Crippen molar-refractivity contribution >= 4 is 23.6 Å². The van der Waals surface area contributed by atoms with E-state index in [1.54, 1.807) is 0 Å². The molecule has 0 heterocycles. The van der Waals surface area contributed by atoms with Gasteiger partial charge in [0.2, 0.25) is 5.91 Å². The van der Waals surface area contributed by atoms with Crippen LogP contribution in [0.15, 0.2) is 29.2 Å². The number of carbonyl (C=O) groups is 2. The van der Waals surface area contributed by atoms with Crippen molar-refractivity contribution in [2.24, 2.45) is 5.73 Å². The van der Waals surface area contributed by atoms with Crippen molar-refractivity contribution in [3.8, 4) is 0 Å². The summed E-state index contributed by atoms with van der Waals surface area (Å²) >= 11 is 0.252. The van der Waals surface area contributed by atoms with Crippen LogP contribution >= 0.6 is 11.8 Å². The molecular weight excluding hydrogens is 266 g/mol. The van der Waals surface area contributed by atoms with Gasteiger partial charge in [-0.3, -0.25) is 14.4 Å². The molecule has 0 atom stereocenters. The van der Waals surface area contributed by atoms with Crippen LogP contribution in [0.2, 0.25) is 0 Å². The molecule has 0 aromatic heterocycles. The first-order chi connectivity index (χ1) is 8.50. The fourth-order valence-electron chi connectivity index (χ4n) is 1.08. The average Bonchev–Trinajstić information content (AvgIpc) is 2.28. The third-order valence-corrected chi connectivity index (χ3v) is 2.52. The summed E-state index contributed by atoms with van der Waals surface area (Å²) in [5.41, 5.74) is 6.78. The van der Waals surface area contributed by atoms with Crippen LogP contribution in [0.3, 0.4) is 0 Å². The highest BCUT2D eigenvalue weighted by atomic mass is 32.2. The van der Waals surface area contributed by atoms with Crippen LogP contribution in [0.25, 0.3) is 0 Å². The summed E-state index contributed by atoms with van der Waals surface area (Å²) in [4.78, 5) is 26.6. The van der Waals surface area contributed by atoms with Crippen LogP contribution in [-0.2, 0) is 9.63 Å². The lowest BCUT2D eigenvalue weighted by atomic mass is 10.2. The van der Waals surface area contributed by atoms with Crippen molar-refractivity contribution in [1.82, 2.24) is 5.48 Å². The lowest BCUT2D eigenvalue weighted by Gasteiger charge is -2.08. The minimum Gasteiger partial charge on any atom is -0.368 e. The van der Waals surface area contributed by atoms with E-state index in [2.05, 4.69) is 4.84 Å². The van der Waals surface area contributed by atoms with Crippen molar-refractivity contribution in [3.63, 3.8) is 0 Å². The monoisotopic (exact) mass is 276 g/mol. The summed E-state index contributed by atoms with van der Waals surface area (Å²) in [6, 6.07) is 5.82. The predicted octanol–water partition coefficient (Wildman–Crippen LogP) is 1.15. The standard InChI is InChI=1S/C10H10F2N2O3S/c11-10(12)18-7-4-2-1-3-6(7)9(16)14-17-5-8(13)15/h1-4,10H,5H2,(H2,13,15)(H,14,16). The first-order valence-electron chi connectivity index (χ1n) is 4.75. The lowest BCUT2D eigenvalue weighted by Crippen LogP contribution is -2.29. The van der Waals surface area contributed by atoms with Crippen LogP contribution in [0.1, 0.15) is 10.4 Å². The number of nitrogens with two attached hydrogens (primary N) is 1. The average molecular weight is 276 g/mol. The first-order valence-corrected chi connectivity index (χ1v) is 5.63. The van der Waals surface area contributed by atoms with Gasteiger partial charge in [0.05, 0.1) is 5.56 Å². The number of hydrogen-bond donors (Lipinski definition) is 2. The number of primary amides is 1. The molecule has 98 valence electrons. The van der Waals surface area contributed by atoms with Gasteiger partial charge in [-0.05, 0) is 12.1 Å². The van der Waals surface area contributed by atoms with Gasteiger partial charge in [0, 0.05) is 4.90 Å². The Morgan fingerprint density at radius 1 is 1.39 bits per heavy atom. The quantitative estimate of drug-likeness (QED) is 0.603. The molecule has 0 saturated heterocycles. The molecule has 0 spiro atoms. The van der Waals surface area contributed by atoms with E-state index in [9.17, 15) is 18.4 Å². The number of nitrogens with one attached hydrogen (secondary N) is 1. The molecule has 2 amide bonds. The topological polar surface area (TPSA) is 81.4 Å². The number of benzene rings is 1. The van der Waals surface area contributed by atoms with Gasteiger partial charge in [-0.2, -0.15) is 8.78 Å². The van der Waals surface area contributed by atoms with E-state index in [0.29, 0.717) is 0 Å². The molecule has 5 nitrogen and oxygen atoms in total. The van der Waals surface area contributed by atoms with Crippen molar-refractivity contribution in [2.75, 3.05) is 6.61 Å². The Balaban J connectivity index is 2.69. The number of rotatable bonds is 6. The van der Waals surface area contributed by atoms with Gasteiger partial charge in [-0.1, -0.05) is 23.9 Å². The van der Waals surface area contributed by atoms with Gasteiger partial charge < -0.3 is 5.73 Å². The molecule has 1 rings (SSSR count). The Morgan fingerprint density at radius 3 is 2.67 bits per heavy atom. The van der Waals surface area contributed by atoms with Crippen LogP contribution in [0, 0.1) is 0 Å². The third-order valence-electron chi connectivity index (χ3n) is 1.73. The Bertz CT molecular complexity index is 443. The van der Waals surface area contributed by atoms with Crippen molar-refractivity contribution in [1.29, 1.82) is 0 Å². The molecule has 8 heteroatoms. The summed E-state index contributed by atoms with van der Waals surface area (Å²) in [7, 11) is 0. The summed E-state index contributed by atoms with van der Waals surface area (Å²) in [5.74, 6) is -4.11. The Kier molecular flexibility index (Phi) is 5.53. The molecule has 0 radical (unpaired) electrons. The molecule has 0 saturated carbocycles. The number of hydrogen-bond acceptors (Lipinski definition) is 4. The number of amides is 2. The number of alkyl halides is 2. The molecule has 0 aliphatic rings. The van der Waals surface area contributed by atoms with E-state index in [1.807, 2.05) is 5.48 Å². The first kappa shape index (κ1) is 14.4. The van der Waals surface area contributed by atoms with Gasteiger partial charge in [0.1, 0.15) is 0 Å². The van der Waals surface area contributed by atoms with E-state index in [1.165, 1.54) is 24.3 Å². The van der Waals surface area contributed by atoms with Gasteiger partial charge in [-0.15, -0.1) is 0 Å². The molecular formula is C10H10F2N2O3S. The maximum absolute atomic E-state index is 12.3. The van der Waals surface area contributed by atoms with Crippen LogP contribution in [-0.4, -0.2) is 24.2 Å². The van der Waals surface area contributed by atoms with Crippen molar-refractivity contribution < 1.29 is 23.2 Å². The molecule has 0 bridgehead atoms. The van der Waals surface area contributed by atoms with E-state index < -0.39 is 24.2 Å². The van der Waals surface area contributed by atoms with Gasteiger partial charge in [-0.25, -0.2) is 5.48 Å². The molecule has 0 fully saturated rings. The normalized spacial score (nSPS) is 10.4. The smallest absolute Gasteiger partial charge is 0.288 e. The van der Waals surface area contributed by atoms with Crippen LogP contribution in [0.5, 0.6) is 0 Å². The SMILES string of the molecule is NC(=O)CONC(=O)c1ccccc1SC(F)F. The summed E-state index contributed by atoms with van der Waals surface area (Å²) in [6.45, 7) is -0.490. The van der Waals surface area contributed by atoms with E-state index in [0.717, 1.165) is 0 Å². The second-order valence-electron chi connectivity index (χ2n) is 3.06. The fraction of sp³-hybridized carbons (Fsp3) is 0.200. The molecule has 0 aliphatic heterocycles. The van der Waals surface area contributed by atoms with Gasteiger partial charge in [0.25, 0.3) is 11.7 Å². The molecule has 3 N–H and O–H groups in total.